The van der Waals surface area contributed by atoms with E-state index in [9.17, 15) is 4.79 Å². The van der Waals surface area contributed by atoms with Crippen molar-refractivity contribution < 1.29 is 4.79 Å². The molecule has 0 spiro atoms. The molecule has 0 amide bonds. The van der Waals surface area contributed by atoms with E-state index >= 15 is 0 Å². The monoisotopic (exact) mass is 234 g/mol. The first kappa shape index (κ1) is 8.79. The van der Waals surface area contributed by atoms with Gasteiger partial charge in [-0.05, 0) is 0 Å². The van der Waals surface area contributed by atoms with Crippen LogP contribution >= 0.6 is 11.6 Å². The molecule has 0 aliphatic rings. The Morgan fingerprint density at radius 3 is 2.55 bits per heavy atom. The first-order chi connectivity index (χ1) is 5.33. The van der Waals surface area contributed by atoms with Crippen LogP contribution in [0, 0.1) is 0 Å². The summed E-state index contributed by atoms with van der Waals surface area (Å²) in [6.07, 6.45) is 0. The third-order valence-electron chi connectivity index (χ3n) is 1.08. The average molecular weight is 234 g/mol. The van der Waals surface area contributed by atoms with Crippen LogP contribution in [0.15, 0.2) is 30.3 Å². The summed E-state index contributed by atoms with van der Waals surface area (Å²) in [5.74, 6) is 0.134. The molecule has 0 bridgehead atoms. The Morgan fingerprint density at radius 2 is 2.00 bits per heavy atom. The fourth-order valence-corrected chi connectivity index (χ4v) is 2.21. The molecule has 1 aromatic carbocycles. The van der Waals surface area contributed by atoms with Crippen LogP contribution in [0.25, 0.3) is 0 Å². The fourth-order valence-electron chi connectivity index (χ4n) is 0.647. The predicted molar refractivity (Wildman–Crippen MR) is 47.6 cm³/mol. The molecule has 0 aromatic heterocycles. The summed E-state index contributed by atoms with van der Waals surface area (Å²) in [5.41, 5.74) is 0. The molecule has 0 saturated carbocycles. The van der Waals surface area contributed by atoms with E-state index in [1.165, 1.54) is 0 Å². The van der Waals surface area contributed by atoms with Crippen LogP contribution in [0.5, 0.6) is 0 Å². The van der Waals surface area contributed by atoms with E-state index in [4.69, 9.17) is 11.6 Å². The van der Waals surface area contributed by atoms with Gasteiger partial charge in [-0.15, -0.1) is 0 Å². The van der Waals surface area contributed by atoms with Crippen molar-refractivity contribution in [3.05, 3.63) is 30.3 Å². The van der Waals surface area contributed by atoms with Gasteiger partial charge in [0.05, 0.1) is 0 Å². The van der Waals surface area contributed by atoms with Gasteiger partial charge in [-0.1, -0.05) is 0 Å². The maximum atomic E-state index is 10.9. The third-order valence-corrected chi connectivity index (χ3v) is 3.53. The Hall–Kier alpha value is -0.301. The van der Waals surface area contributed by atoms with Crippen molar-refractivity contribution in [3.8, 4) is 0 Å². The molecule has 0 aliphatic heterocycles. The van der Waals surface area contributed by atoms with E-state index in [-0.39, 0.29) is 25.5 Å². The third kappa shape index (κ3) is 3.06. The van der Waals surface area contributed by atoms with Crippen LogP contribution in [0.3, 0.4) is 0 Å². The normalized spacial score (nSPS) is 9.55. The first-order valence-corrected chi connectivity index (χ1v) is 5.39. The molecule has 0 unspecified atom stereocenters. The van der Waals surface area contributed by atoms with Crippen LogP contribution in [-0.2, 0) is 4.79 Å². The van der Waals surface area contributed by atoms with E-state index in [2.05, 4.69) is 0 Å². The van der Waals surface area contributed by atoms with Crippen LogP contribution in [0.4, 0.5) is 0 Å². The van der Waals surface area contributed by atoms with Crippen molar-refractivity contribution in [2.24, 2.45) is 0 Å². The molecule has 0 radical (unpaired) electrons. The van der Waals surface area contributed by atoms with Gasteiger partial charge in [0.1, 0.15) is 0 Å². The number of benzene rings is 1. The van der Waals surface area contributed by atoms with Gasteiger partial charge in [0.25, 0.3) is 0 Å². The average Bonchev–Trinajstić information content (AvgIpc) is 2.06. The number of hydrogen-bond donors (Lipinski definition) is 0. The second-order valence-corrected chi connectivity index (χ2v) is 4.56. The van der Waals surface area contributed by atoms with Crippen molar-refractivity contribution >= 4 is 35.7 Å². The van der Waals surface area contributed by atoms with Gasteiger partial charge in [0.2, 0.25) is 0 Å². The number of hydrogen-bond acceptors (Lipinski definition) is 1. The molecule has 58 valence electrons. The van der Waals surface area contributed by atoms with Crippen molar-refractivity contribution in [2.45, 2.75) is 0 Å². The summed E-state index contributed by atoms with van der Waals surface area (Å²) in [6, 6.07) is 9.69. The molecule has 1 nitrogen and oxygen atoms in total. The van der Waals surface area contributed by atoms with Gasteiger partial charge in [0.15, 0.2) is 0 Å². The first-order valence-electron chi connectivity index (χ1n) is 3.14. The maximum absolute atomic E-state index is 10.9. The van der Waals surface area contributed by atoms with Crippen molar-refractivity contribution in [1.82, 2.24) is 0 Å². The van der Waals surface area contributed by atoms with Gasteiger partial charge in [0, 0.05) is 0 Å². The number of carbonyl (C=O) groups is 1. The molecule has 1 aromatic rings. The number of rotatable bonds is 3. The second kappa shape index (κ2) is 4.55. The number of halogens is 1. The summed E-state index contributed by atoms with van der Waals surface area (Å²) in [4.78, 5) is 10.9. The molecule has 0 N–H and O–H groups in total. The van der Waals surface area contributed by atoms with Crippen molar-refractivity contribution in [2.75, 3.05) is 5.88 Å². The van der Waals surface area contributed by atoms with Gasteiger partial charge in [-0.3, -0.25) is 0 Å². The molecule has 3 heteroatoms. The predicted octanol–water partition coefficient (Wildman–Crippen LogP) is 0.782. The van der Waals surface area contributed by atoms with Gasteiger partial charge < -0.3 is 0 Å². The second-order valence-electron chi connectivity index (χ2n) is 1.92. The molecule has 0 atom stereocenters. The Kier molecular flexibility index (Phi) is 3.64. The summed E-state index contributed by atoms with van der Waals surface area (Å²) >= 11 is 5.27. The molecule has 0 fully saturated rings. The van der Waals surface area contributed by atoms with Crippen LogP contribution in [0.1, 0.15) is 0 Å². The number of carbonyl (C=O) groups excluding carboxylic acids is 1. The molecule has 0 saturated heterocycles. The quantitative estimate of drug-likeness (QED) is 0.557. The Bertz CT molecular complexity index is 235. The van der Waals surface area contributed by atoms with Crippen molar-refractivity contribution in [1.29, 1.82) is 0 Å². The van der Waals surface area contributed by atoms with Gasteiger partial charge in [-0.25, -0.2) is 0 Å². The Morgan fingerprint density at radius 1 is 1.36 bits per heavy atom. The zero-order chi connectivity index (χ0) is 8.10. The van der Waals surface area contributed by atoms with E-state index < -0.39 is 0 Å². The summed E-state index contributed by atoms with van der Waals surface area (Å²) < 4.78 is 1.22. The molecule has 0 aliphatic carbocycles. The standard InChI is InChI=1S/C8H7ClOSe/c9-6-8(10)11-7-4-2-1-3-5-7/h1-5H,6H2. The zero-order valence-electron chi connectivity index (χ0n) is 5.79. The van der Waals surface area contributed by atoms with Crippen LogP contribution < -0.4 is 4.46 Å². The van der Waals surface area contributed by atoms with E-state index in [0.29, 0.717) is 0 Å². The Balaban J connectivity index is 2.58. The summed E-state index contributed by atoms with van der Waals surface area (Å²) in [7, 11) is 0. The summed E-state index contributed by atoms with van der Waals surface area (Å²) in [5, 5.41) is 0. The van der Waals surface area contributed by atoms with Crippen LogP contribution in [0.2, 0.25) is 0 Å². The topological polar surface area (TPSA) is 17.1 Å². The molecule has 11 heavy (non-hydrogen) atoms. The fraction of sp³-hybridized carbons (Fsp3) is 0.125. The Labute approximate surface area is 76.9 Å². The van der Waals surface area contributed by atoms with Crippen LogP contribution in [-0.4, -0.2) is 25.5 Å². The van der Waals surface area contributed by atoms with E-state index in [1.54, 1.807) is 0 Å². The van der Waals surface area contributed by atoms with E-state index in [0.717, 1.165) is 4.46 Å². The van der Waals surface area contributed by atoms with E-state index in [1.807, 2.05) is 30.3 Å². The number of alkyl halides is 1. The molecular weight excluding hydrogens is 226 g/mol. The van der Waals surface area contributed by atoms with Gasteiger partial charge >= 0.3 is 76.7 Å². The molecular formula is C8H7ClOSe. The van der Waals surface area contributed by atoms with Gasteiger partial charge in [-0.2, -0.15) is 0 Å². The van der Waals surface area contributed by atoms with Crippen molar-refractivity contribution in [3.63, 3.8) is 0 Å². The minimum atomic E-state index is -0.0942. The summed E-state index contributed by atoms with van der Waals surface area (Å²) in [6.45, 7) is 0. The SMILES string of the molecule is O=C(CCl)[Se]c1ccccc1. The zero-order valence-corrected chi connectivity index (χ0v) is 8.26. The molecule has 1 rings (SSSR count). The minimum absolute atomic E-state index is 0.0942. The molecule has 0 heterocycles.